The fourth-order valence-corrected chi connectivity index (χ4v) is 5.23. The lowest BCUT2D eigenvalue weighted by Crippen LogP contribution is -2.55. The summed E-state index contributed by atoms with van der Waals surface area (Å²) in [4.78, 5) is 12.6. The van der Waals surface area contributed by atoms with Gasteiger partial charge in [0.25, 0.3) is 0 Å². The van der Waals surface area contributed by atoms with Crippen molar-refractivity contribution in [1.82, 2.24) is 0 Å². The topological polar surface area (TPSA) is 86.6 Å². The Morgan fingerprint density at radius 3 is 2.61 bits per heavy atom. The predicted molar refractivity (Wildman–Crippen MR) is 119 cm³/mol. The number of hydrogen-bond donors (Lipinski definition) is 1. The second-order valence-corrected chi connectivity index (χ2v) is 9.65. The molecule has 6 nitrogen and oxygen atoms in total. The van der Waals surface area contributed by atoms with E-state index in [9.17, 15) is 4.79 Å². The number of nitrogens with two attached hydrogens (primary N) is 1. The lowest BCUT2D eigenvalue weighted by atomic mass is 9.68. The minimum Gasteiger partial charge on any atom is -0.460 e. The van der Waals surface area contributed by atoms with Gasteiger partial charge in [-0.3, -0.25) is 4.79 Å². The average Bonchev–Trinajstić information content (AvgIpc) is 3.65. The van der Waals surface area contributed by atoms with Gasteiger partial charge in [-0.2, -0.15) is 0 Å². The zero-order valence-electron chi connectivity index (χ0n) is 19.1. The first-order valence-corrected chi connectivity index (χ1v) is 11.3. The molecule has 3 fully saturated rings. The van der Waals surface area contributed by atoms with Gasteiger partial charge in [0, 0.05) is 19.2 Å². The molecule has 0 radical (unpaired) electrons. The molecule has 1 aliphatic carbocycles. The third-order valence-electron chi connectivity index (χ3n) is 7.12. The van der Waals surface area contributed by atoms with Gasteiger partial charge in [-0.15, -0.1) is 0 Å². The number of epoxide rings is 2. The molecule has 2 N–H and O–H groups in total. The molecule has 1 saturated carbocycles. The normalized spacial score (nSPS) is 36.1. The van der Waals surface area contributed by atoms with Crippen molar-refractivity contribution < 1.29 is 23.7 Å². The highest BCUT2D eigenvalue weighted by atomic mass is 16.6. The van der Waals surface area contributed by atoms with Gasteiger partial charge in [-0.1, -0.05) is 23.8 Å². The minimum atomic E-state index is -0.321. The van der Waals surface area contributed by atoms with Crippen LogP contribution in [-0.4, -0.2) is 49.2 Å². The first-order chi connectivity index (χ1) is 14.8. The van der Waals surface area contributed by atoms with Crippen LogP contribution in [0.1, 0.15) is 52.0 Å². The molecule has 6 atom stereocenters. The third-order valence-corrected chi connectivity index (χ3v) is 7.12. The summed E-state index contributed by atoms with van der Waals surface area (Å²) in [6, 6.07) is 7.60. The Balaban J connectivity index is 1.40. The van der Waals surface area contributed by atoms with Crippen LogP contribution in [0.5, 0.6) is 0 Å². The summed E-state index contributed by atoms with van der Waals surface area (Å²) in [7, 11) is 1.70. The van der Waals surface area contributed by atoms with E-state index in [1.807, 2.05) is 24.3 Å². The van der Waals surface area contributed by atoms with Crippen LogP contribution < -0.4 is 5.73 Å². The number of benzene rings is 1. The molecule has 2 aliphatic heterocycles. The Morgan fingerprint density at radius 1 is 1.29 bits per heavy atom. The molecule has 4 rings (SSSR count). The van der Waals surface area contributed by atoms with Crippen LogP contribution in [0.25, 0.3) is 0 Å². The molecule has 0 aromatic heterocycles. The van der Waals surface area contributed by atoms with E-state index < -0.39 is 0 Å². The van der Waals surface area contributed by atoms with Crippen LogP contribution in [0.3, 0.4) is 0 Å². The van der Waals surface area contributed by atoms with Gasteiger partial charge in [0.05, 0.1) is 18.6 Å². The summed E-state index contributed by atoms with van der Waals surface area (Å²) in [5.74, 6) is -0.150. The predicted octanol–water partition coefficient (Wildman–Crippen LogP) is 3.82. The van der Waals surface area contributed by atoms with E-state index in [-0.39, 0.29) is 41.4 Å². The molecule has 0 unspecified atom stereocenters. The van der Waals surface area contributed by atoms with E-state index in [0.29, 0.717) is 12.8 Å². The van der Waals surface area contributed by atoms with Crippen molar-refractivity contribution in [1.29, 1.82) is 0 Å². The number of carbonyl (C=O) groups is 1. The minimum absolute atomic E-state index is 0.0456. The van der Waals surface area contributed by atoms with Crippen molar-refractivity contribution in [3.8, 4) is 0 Å². The highest BCUT2D eigenvalue weighted by Gasteiger charge is 2.72. The lowest BCUT2D eigenvalue weighted by molar-refractivity contribution is -0.171. The van der Waals surface area contributed by atoms with Gasteiger partial charge in [0.1, 0.15) is 23.4 Å². The number of carbonyl (C=O) groups excluding carboxylic acids is 1. The van der Waals surface area contributed by atoms with Crippen molar-refractivity contribution in [2.75, 3.05) is 19.5 Å². The number of ether oxygens (including phenoxy) is 4. The molecule has 2 saturated heterocycles. The van der Waals surface area contributed by atoms with Crippen LogP contribution in [0.2, 0.25) is 0 Å². The monoisotopic (exact) mass is 429 g/mol. The maximum atomic E-state index is 12.6. The number of allylic oxidation sites excluding steroid dienone is 1. The number of nitrogen functional groups attached to an aromatic ring is 1. The van der Waals surface area contributed by atoms with Gasteiger partial charge in [-0.05, 0) is 64.2 Å². The SMILES string of the molecule is CO[C@@H]1[C@H](OC(=O)CCc2ccc(N)cc2)CC[C@]2(CO2)[C@H]1[C@@]1(C)O[C@@H]1CC=C(C)C. The van der Waals surface area contributed by atoms with Crippen molar-refractivity contribution in [2.24, 2.45) is 5.92 Å². The summed E-state index contributed by atoms with van der Waals surface area (Å²) >= 11 is 0. The largest absolute Gasteiger partial charge is 0.460 e. The molecular weight excluding hydrogens is 394 g/mol. The Labute approximate surface area is 185 Å². The van der Waals surface area contributed by atoms with Gasteiger partial charge in [0.2, 0.25) is 0 Å². The summed E-state index contributed by atoms with van der Waals surface area (Å²) in [5.41, 5.74) is 8.28. The zero-order valence-corrected chi connectivity index (χ0v) is 19.1. The molecule has 2 heterocycles. The Morgan fingerprint density at radius 2 is 2.00 bits per heavy atom. The molecule has 6 heteroatoms. The maximum absolute atomic E-state index is 12.6. The number of esters is 1. The molecule has 31 heavy (non-hydrogen) atoms. The number of aryl methyl sites for hydroxylation is 1. The van der Waals surface area contributed by atoms with E-state index in [1.54, 1.807) is 7.11 Å². The maximum Gasteiger partial charge on any atom is 0.306 e. The van der Waals surface area contributed by atoms with Crippen LogP contribution >= 0.6 is 0 Å². The van der Waals surface area contributed by atoms with E-state index in [1.165, 1.54) is 5.57 Å². The van der Waals surface area contributed by atoms with Crippen molar-refractivity contribution in [2.45, 2.75) is 82.4 Å². The van der Waals surface area contributed by atoms with E-state index >= 15 is 0 Å². The molecule has 0 bridgehead atoms. The molecule has 170 valence electrons. The fraction of sp³-hybridized carbons (Fsp3) is 0.640. The first-order valence-electron chi connectivity index (χ1n) is 11.3. The lowest BCUT2D eigenvalue weighted by Gasteiger charge is -2.42. The van der Waals surface area contributed by atoms with Gasteiger partial charge in [0.15, 0.2) is 0 Å². The summed E-state index contributed by atoms with van der Waals surface area (Å²) < 4.78 is 24.1. The summed E-state index contributed by atoms with van der Waals surface area (Å²) in [5, 5.41) is 0. The third kappa shape index (κ3) is 4.66. The average molecular weight is 430 g/mol. The highest BCUT2D eigenvalue weighted by molar-refractivity contribution is 5.70. The number of methoxy groups -OCH3 is 1. The molecule has 0 amide bonds. The molecule has 1 aromatic carbocycles. The zero-order chi connectivity index (χ0) is 22.2. The summed E-state index contributed by atoms with van der Waals surface area (Å²) in [6.07, 6.45) is 5.30. The number of hydrogen-bond acceptors (Lipinski definition) is 6. The van der Waals surface area contributed by atoms with E-state index in [0.717, 1.165) is 37.1 Å². The van der Waals surface area contributed by atoms with Crippen molar-refractivity contribution >= 4 is 11.7 Å². The van der Waals surface area contributed by atoms with Crippen LogP contribution in [0.4, 0.5) is 5.69 Å². The second-order valence-electron chi connectivity index (χ2n) is 9.65. The van der Waals surface area contributed by atoms with Gasteiger partial charge in [-0.25, -0.2) is 0 Å². The fourth-order valence-electron chi connectivity index (χ4n) is 5.23. The second kappa shape index (κ2) is 8.57. The van der Waals surface area contributed by atoms with Crippen LogP contribution in [0.15, 0.2) is 35.9 Å². The smallest absolute Gasteiger partial charge is 0.306 e. The van der Waals surface area contributed by atoms with Crippen LogP contribution in [0, 0.1) is 5.92 Å². The Kier molecular flexibility index (Phi) is 6.16. The quantitative estimate of drug-likeness (QED) is 0.293. The van der Waals surface area contributed by atoms with Gasteiger partial charge < -0.3 is 24.7 Å². The molecular formula is C25H35NO5. The first kappa shape index (κ1) is 22.3. The van der Waals surface area contributed by atoms with Gasteiger partial charge >= 0.3 is 5.97 Å². The van der Waals surface area contributed by atoms with Crippen molar-refractivity contribution in [3.63, 3.8) is 0 Å². The standard InChI is InChI=1S/C25H35NO5/c1-16(2)5-11-20-24(3,31-20)23-22(28-4)19(13-14-25(23)15-29-25)30-21(27)12-8-17-6-9-18(26)10-7-17/h5-7,9-10,19-20,22-23H,8,11-15,26H2,1-4H3/t19-,20-,22-,23-,24+,25+/m1/s1. The van der Waals surface area contributed by atoms with Crippen molar-refractivity contribution in [3.05, 3.63) is 41.5 Å². The number of anilines is 1. The number of rotatable bonds is 8. The molecule has 1 spiro atoms. The highest BCUT2D eigenvalue weighted by Crippen LogP contribution is 2.59. The summed E-state index contributed by atoms with van der Waals surface area (Å²) in [6.45, 7) is 7.08. The molecule has 3 aliphatic rings. The Bertz CT molecular complexity index is 827. The van der Waals surface area contributed by atoms with E-state index in [2.05, 4.69) is 26.8 Å². The Hall–Kier alpha value is -1.89. The molecule has 1 aromatic rings. The van der Waals surface area contributed by atoms with E-state index in [4.69, 9.17) is 24.7 Å². The van der Waals surface area contributed by atoms with Crippen LogP contribution in [-0.2, 0) is 30.2 Å².